The Kier molecular flexibility index (Phi) is 3.31. The van der Waals surface area contributed by atoms with Crippen molar-refractivity contribution in [2.24, 2.45) is 0 Å². The number of halogens is 3. The van der Waals surface area contributed by atoms with Crippen LogP contribution in [0.15, 0.2) is 28.8 Å². The standard InChI is InChI=1S/C14H10F3NO4/c15-14(16,17)21-9-4-2-1-3-8(9)11-10(13(19)20)12(22-18-11)7-5-6-7/h1-4,7H,5-6H2,(H,19,20). The summed E-state index contributed by atoms with van der Waals surface area (Å²) in [5.41, 5.74) is -0.442. The van der Waals surface area contributed by atoms with E-state index in [4.69, 9.17) is 4.52 Å². The van der Waals surface area contributed by atoms with Gasteiger partial charge in [-0.25, -0.2) is 4.79 Å². The molecule has 0 amide bonds. The lowest BCUT2D eigenvalue weighted by Gasteiger charge is -2.12. The highest BCUT2D eigenvalue weighted by molar-refractivity contribution is 5.96. The minimum absolute atomic E-state index is 0.0388. The van der Waals surface area contributed by atoms with E-state index in [-0.39, 0.29) is 28.5 Å². The van der Waals surface area contributed by atoms with E-state index in [0.717, 1.165) is 18.9 Å². The molecule has 3 rings (SSSR count). The van der Waals surface area contributed by atoms with Crippen molar-refractivity contribution in [1.29, 1.82) is 0 Å². The Labute approximate surface area is 122 Å². The number of rotatable bonds is 4. The van der Waals surface area contributed by atoms with Crippen LogP contribution in [0, 0.1) is 0 Å². The van der Waals surface area contributed by atoms with E-state index < -0.39 is 18.1 Å². The van der Waals surface area contributed by atoms with Crippen molar-refractivity contribution in [3.63, 3.8) is 0 Å². The van der Waals surface area contributed by atoms with Gasteiger partial charge < -0.3 is 14.4 Å². The van der Waals surface area contributed by atoms with Crippen molar-refractivity contribution < 1.29 is 32.3 Å². The van der Waals surface area contributed by atoms with Gasteiger partial charge in [-0.15, -0.1) is 13.2 Å². The number of ether oxygens (including phenoxy) is 1. The third-order valence-electron chi connectivity index (χ3n) is 3.25. The van der Waals surface area contributed by atoms with Gasteiger partial charge in [0.05, 0.1) is 0 Å². The van der Waals surface area contributed by atoms with Crippen molar-refractivity contribution in [3.05, 3.63) is 35.6 Å². The summed E-state index contributed by atoms with van der Waals surface area (Å²) in [5, 5.41) is 13.0. The molecule has 0 unspecified atom stereocenters. The molecule has 5 nitrogen and oxygen atoms in total. The third kappa shape index (κ3) is 2.76. The van der Waals surface area contributed by atoms with E-state index in [1.165, 1.54) is 18.2 Å². The average molecular weight is 313 g/mol. The van der Waals surface area contributed by atoms with Crippen molar-refractivity contribution in [3.8, 4) is 17.0 Å². The molecule has 0 atom stereocenters. The predicted molar refractivity (Wildman–Crippen MR) is 67.6 cm³/mol. The molecule has 1 heterocycles. The number of hydrogen-bond acceptors (Lipinski definition) is 4. The summed E-state index contributed by atoms with van der Waals surface area (Å²) in [6.45, 7) is 0. The normalized spacial score (nSPS) is 14.9. The molecule has 1 aromatic heterocycles. The van der Waals surface area contributed by atoms with Crippen LogP contribution >= 0.6 is 0 Å². The quantitative estimate of drug-likeness (QED) is 0.929. The zero-order valence-electron chi connectivity index (χ0n) is 11.1. The fourth-order valence-electron chi connectivity index (χ4n) is 2.19. The summed E-state index contributed by atoms with van der Waals surface area (Å²) in [6.07, 6.45) is -3.34. The Morgan fingerprint density at radius 3 is 2.59 bits per heavy atom. The molecule has 1 aromatic carbocycles. The summed E-state index contributed by atoms with van der Waals surface area (Å²) >= 11 is 0. The monoisotopic (exact) mass is 313 g/mol. The Bertz CT molecular complexity index is 719. The number of para-hydroxylation sites is 1. The van der Waals surface area contributed by atoms with E-state index >= 15 is 0 Å². The van der Waals surface area contributed by atoms with E-state index in [9.17, 15) is 23.1 Å². The van der Waals surface area contributed by atoms with Gasteiger partial charge in [0.15, 0.2) is 5.76 Å². The van der Waals surface area contributed by atoms with Crippen molar-refractivity contribution >= 4 is 5.97 Å². The Morgan fingerprint density at radius 2 is 2.00 bits per heavy atom. The van der Waals surface area contributed by atoms with Crippen LogP contribution in [-0.4, -0.2) is 22.6 Å². The molecule has 2 aromatic rings. The van der Waals surface area contributed by atoms with Gasteiger partial charge in [0.2, 0.25) is 0 Å². The molecule has 0 spiro atoms. The van der Waals surface area contributed by atoms with Crippen LogP contribution in [0.5, 0.6) is 5.75 Å². The van der Waals surface area contributed by atoms with Crippen LogP contribution in [0.2, 0.25) is 0 Å². The van der Waals surface area contributed by atoms with E-state index in [0.29, 0.717) is 0 Å². The number of nitrogens with zero attached hydrogens (tertiary/aromatic N) is 1. The first-order valence-corrected chi connectivity index (χ1v) is 6.45. The zero-order valence-corrected chi connectivity index (χ0v) is 11.1. The van der Waals surface area contributed by atoms with Crippen LogP contribution in [-0.2, 0) is 0 Å². The number of benzene rings is 1. The molecule has 1 aliphatic rings. The number of hydrogen-bond donors (Lipinski definition) is 1. The topological polar surface area (TPSA) is 72.6 Å². The molecule has 8 heteroatoms. The summed E-state index contributed by atoms with van der Waals surface area (Å²) in [4.78, 5) is 11.4. The summed E-state index contributed by atoms with van der Waals surface area (Å²) < 4.78 is 46.4. The maximum absolute atomic E-state index is 12.5. The molecule has 1 N–H and O–H groups in total. The second-order valence-electron chi connectivity index (χ2n) is 4.89. The zero-order chi connectivity index (χ0) is 15.9. The maximum Gasteiger partial charge on any atom is 0.573 e. The van der Waals surface area contributed by atoms with Crippen LogP contribution in [0.25, 0.3) is 11.3 Å². The summed E-state index contributed by atoms with van der Waals surface area (Å²) in [5.74, 6) is -1.65. The second-order valence-corrected chi connectivity index (χ2v) is 4.89. The number of carbonyl (C=O) groups is 1. The van der Waals surface area contributed by atoms with Gasteiger partial charge in [-0.2, -0.15) is 0 Å². The number of alkyl halides is 3. The molecule has 0 aliphatic heterocycles. The summed E-state index contributed by atoms with van der Waals surface area (Å²) in [7, 11) is 0. The minimum atomic E-state index is -4.89. The molecule has 22 heavy (non-hydrogen) atoms. The molecule has 1 fully saturated rings. The Hall–Kier alpha value is -2.51. The fourth-order valence-corrected chi connectivity index (χ4v) is 2.19. The fraction of sp³-hybridized carbons (Fsp3) is 0.286. The Morgan fingerprint density at radius 1 is 1.32 bits per heavy atom. The second kappa shape index (κ2) is 5.04. The first-order valence-electron chi connectivity index (χ1n) is 6.45. The highest BCUT2D eigenvalue weighted by Crippen LogP contribution is 2.45. The lowest BCUT2D eigenvalue weighted by Crippen LogP contribution is -2.17. The van der Waals surface area contributed by atoms with Gasteiger partial charge in [0, 0.05) is 11.5 Å². The number of carboxylic acids is 1. The maximum atomic E-state index is 12.5. The smallest absolute Gasteiger partial charge is 0.477 e. The highest BCUT2D eigenvalue weighted by Gasteiger charge is 2.37. The predicted octanol–water partition coefficient (Wildman–Crippen LogP) is 3.82. The highest BCUT2D eigenvalue weighted by atomic mass is 19.4. The van der Waals surface area contributed by atoms with Crippen LogP contribution < -0.4 is 4.74 Å². The molecule has 0 radical (unpaired) electrons. The number of aromatic carboxylic acids is 1. The van der Waals surface area contributed by atoms with Crippen LogP contribution in [0.1, 0.15) is 34.9 Å². The van der Waals surface area contributed by atoms with Gasteiger partial charge in [0.25, 0.3) is 0 Å². The minimum Gasteiger partial charge on any atom is -0.477 e. The molecule has 1 aliphatic carbocycles. The molecule has 116 valence electrons. The number of aromatic nitrogens is 1. The van der Waals surface area contributed by atoms with Gasteiger partial charge >= 0.3 is 12.3 Å². The molecule has 0 saturated heterocycles. The summed E-state index contributed by atoms with van der Waals surface area (Å²) in [6, 6.07) is 5.23. The molecule has 1 saturated carbocycles. The van der Waals surface area contributed by atoms with Crippen LogP contribution in [0.3, 0.4) is 0 Å². The van der Waals surface area contributed by atoms with Crippen LogP contribution in [0.4, 0.5) is 13.2 Å². The lowest BCUT2D eigenvalue weighted by molar-refractivity contribution is -0.274. The lowest BCUT2D eigenvalue weighted by atomic mass is 10.0. The molecular formula is C14H10F3NO4. The van der Waals surface area contributed by atoms with Gasteiger partial charge in [0.1, 0.15) is 17.0 Å². The Balaban J connectivity index is 2.10. The van der Waals surface area contributed by atoms with Gasteiger partial charge in [-0.05, 0) is 25.0 Å². The molecule has 0 bridgehead atoms. The first kappa shape index (κ1) is 14.4. The SMILES string of the molecule is O=C(O)c1c(-c2ccccc2OC(F)(F)F)noc1C1CC1. The number of carboxylic acid groups (broad SMARTS) is 1. The van der Waals surface area contributed by atoms with Crippen molar-refractivity contribution in [1.82, 2.24) is 5.16 Å². The largest absolute Gasteiger partial charge is 0.573 e. The first-order chi connectivity index (χ1) is 10.4. The van der Waals surface area contributed by atoms with Gasteiger partial charge in [-0.1, -0.05) is 17.3 Å². The third-order valence-corrected chi connectivity index (χ3v) is 3.25. The van der Waals surface area contributed by atoms with Crippen molar-refractivity contribution in [2.75, 3.05) is 0 Å². The van der Waals surface area contributed by atoms with E-state index in [1.54, 1.807) is 0 Å². The van der Waals surface area contributed by atoms with E-state index in [2.05, 4.69) is 9.89 Å². The van der Waals surface area contributed by atoms with E-state index in [1.807, 2.05) is 0 Å². The average Bonchev–Trinajstić information content (AvgIpc) is 3.16. The molecular weight excluding hydrogens is 303 g/mol. The van der Waals surface area contributed by atoms with Crippen molar-refractivity contribution in [2.45, 2.75) is 25.1 Å². The van der Waals surface area contributed by atoms with Gasteiger partial charge in [-0.3, -0.25) is 0 Å².